The van der Waals surface area contributed by atoms with Gasteiger partial charge in [0.15, 0.2) is 16.7 Å². The van der Waals surface area contributed by atoms with Gasteiger partial charge in [0.1, 0.15) is 0 Å². The zero-order valence-electron chi connectivity index (χ0n) is 15.5. The van der Waals surface area contributed by atoms with E-state index in [-0.39, 0.29) is 34.9 Å². The molecular formula is C20H14BrCl2NO4S2. The predicted molar refractivity (Wildman–Crippen MR) is 128 cm³/mol. The lowest BCUT2D eigenvalue weighted by Crippen LogP contribution is -2.27. The summed E-state index contributed by atoms with van der Waals surface area (Å²) < 4.78 is 11.5. The van der Waals surface area contributed by atoms with E-state index >= 15 is 0 Å². The Bertz CT molecular complexity index is 1020. The van der Waals surface area contributed by atoms with Crippen LogP contribution < -0.4 is 9.64 Å². The van der Waals surface area contributed by atoms with Crippen molar-refractivity contribution < 1.29 is 19.1 Å². The van der Waals surface area contributed by atoms with Crippen molar-refractivity contribution in [2.45, 2.75) is 6.92 Å². The maximum absolute atomic E-state index is 12.9. The first-order chi connectivity index (χ1) is 14.3. The summed E-state index contributed by atoms with van der Waals surface area (Å²) in [6.07, 6.45) is 1.66. The lowest BCUT2D eigenvalue weighted by atomic mass is 10.2. The Kier molecular flexibility index (Phi) is 7.81. The number of benzene rings is 2. The minimum atomic E-state index is -0.523. The van der Waals surface area contributed by atoms with Crippen LogP contribution in [0, 0.1) is 0 Å². The molecule has 1 heterocycles. The van der Waals surface area contributed by atoms with E-state index in [0.29, 0.717) is 20.5 Å². The first-order valence-corrected chi connectivity index (χ1v) is 11.4. The van der Waals surface area contributed by atoms with E-state index in [1.165, 1.54) is 16.7 Å². The first kappa shape index (κ1) is 23.1. The second-order valence-electron chi connectivity index (χ2n) is 5.90. The number of amides is 1. The molecule has 1 saturated heterocycles. The Balaban J connectivity index is 1.81. The summed E-state index contributed by atoms with van der Waals surface area (Å²) in [5, 5.41) is 0.419. The molecule has 5 nitrogen and oxygen atoms in total. The number of hydrogen-bond donors (Lipinski definition) is 0. The van der Waals surface area contributed by atoms with Crippen molar-refractivity contribution in [3.63, 3.8) is 0 Å². The topological polar surface area (TPSA) is 55.8 Å². The number of esters is 1. The van der Waals surface area contributed by atoms with Gasteiger partial charge in [0.05, 0.1) is 27.2 Å². The smallest absolute Gasteiger partial charge is 0.344 e. The predicted octanol–water partition coefficient (Wildman–Crippen LogP) is 6.10. The summed E-state index contributed by atoms with van der Waals surface area (Å²) in [5.41, 5.74) is 1.28. The number of rotatable bonds is 6. The maximum Gasteiger partial charge on any atom is 0.344 e. The highest BCUT2D eigenvalue weighted by atomic mass is 79.9. The Labute approximate surface area is 201 Å². The van der Waals surface area contributed by atoms with Gasteiger partial charge < -0.3 is 9.47 Å². The monoisotopic (exact) mass is 545 g/mol. The molecule has 1 aliphatic heterocycles. The van der Waals surface area contributed by atoms with E-state index < -0.39 is 5.97 Å². The van der Waals surface area contributed by atoms with E-state index in [4.69, 9.17) is 44.9 Å². The van der Waals surface area contributed by atoms with Crippen LogP contribution in [0.3, 0.4) is 0 Å². The number of anilines is 1. The molecule has 1 amide bonds. The number of carbonyl (C=O) groups excluding carboxylic acids is 2. The average molecular weight is 547 g/mol. The molecular weight excluding hydrogens is 533 g/mol. The van der Waals surface area contributed by atoms with E-state index in [9.17, 15) is 9.59 Å². The number of thioether (sulfide) groups is 1. The molecule has 1 fully saturated rings. The molecule has 0 aliphatic carbocycles. The van der Waals surface area contributed by atoms with Gasteiger partial charge in [0.2, 0.25) is 0 Å². The van der Waals surface area contributed by atoms with Crippen molar-refractivity contribution in [1.29, 1.82) is 0 Å². The van der Waals surface area contributed by atoms with Gasteiger partial charge in [-0.3, -0.25) is 9.69 Å². The number of ether oxygens (including phenoxy) is 2. The zero-order valence-corrected chi connectivity index (χ0v) is 20.2. The van der Waals surface area contributed by atoms with Gasteiger partial charge in [0, 0.05) is 4.47 Å². The van der Waals surface area contributed by atoms with Gasteiger partial charge in [-0.2, -0.15) is 0 Å². The van der Waals surface area contributed by atoms with Crippen LogP contribution in [0.25, 0.3) is 6.08 Å². The quantitative estimate of drug-likeness (QED) is 0.248. The molecule has 0 N–H and O–H groups in total. The van der Waals surface area contributed by atoms with Crippen molar-refractivity contribution in [3.05, 3.63) is 61.4 Å². The van der Waals surface area contributed by atoms with Crippen molar-refractivity contribution >= 4 is 91.1 Å². The minimum absolute atomic E-state index is 0.172. The molecule has 0 aromatic heterocycles. The molecule has 0 bridgehead atoms. The molecule has 10 heteroatoms. The van der Waals surface area contributed by atoms with Gasteiger partial charge in [-0.25, -0.2) is 4.79 Å². The highest BCUT2D eigenvalue weighted by Crippen LogP contribution is 2.39. The Morgan fingerprint density at radius 2 is 1.87 bits per heavy atom. The third-order valence-corrected chi connectivity index (χ3v) is 6.23. The largest absolute Gasteiger partial charge is 0.479 e. The van der Waals surface area contributed by atoms with E-state index in [2.05, 4.69) is 15.9 Å². The van der Waals surface area contributed by atoms with Crippen molar-refractivity contribution in [2.75, 3.05) is 18.1 Å². The third kappa shape index (κ3) is 5.36. The fraction of sp³-hybridized carbons (Fsp3) is 0.150. The fourth-order valence-electron chi connectivity index (χ4n) is 2.57. The molecule has 3 rings (SSSR count). The second-order valence-corrected chi connectivity index (χ2v) is 9.31. The van der Waals surface area contributed by atoms with Gasteiger partial charge in [-0.05, 0) is 55.0 Å². The van der Waals surface area contributed by atoms with E-state index in [1.54, 1.807) is 37.3 Å². The normalized spacial score (nSPS) is 15.1. The summed E-state index contributed by atoms with van der Waals surface area (Å²) >= 11 is 22.5. The molecule has 0 saturated carbocycles. The van der Waals surface area contributed by atoms with Gasteiger partial charge in [-0.15, -0.1) is 0 Å². The van der Waals surface area contributed by atoms with Gasteiger partial charge in [0.25, 0.3) is 5.91 Å². The number of carbonyl (C=O) groups is 2. The van der Waals surface area contributed by atoms with Crippen molar-refractivity contribution in [1.82, 2.24) is 0 Å². The highest BCUT2D eigenvalue weighted by molar-refractivity contribution is 9.10. The van der Waals surface area contributed by atoms with Gasteiger partial charge in [-0.1, -0.05) is 63.1 Å². The fourth-order valence-corrected chi connectivity index (χ4v) is 4.74. The van der Waals surface area contributed by atoms with Gasteiger partial charge >= 0.3 is 5.97 Å². The summed E-state index contributed by atoms with van der Waals surface area (Å²) in [7, 11) is 0. The maximum atomic E-state index is 12.9. The van der Waals surface area contributed by atoms with Crippen molar-refractivity contribution in [3.8, 4) is 5.75 Å². The van der Waals surface area contributed by atoms with Crippen LogP contribution in [0.1, 0.15) is 12.5 Å². The molecule has 30 heavy (non-hydrogen) atoms. The lowest BCUT2D eigenvalue weighted by Gasteiger charge is -2.14. The van der Waals surface area contributed by atoms with Crippen LogP contribution in [0.5, 0.6) is 5.75 Å². The third-order valence-electron chi connectivity index (χ3n) is 3.84. The minimum Gasteiger partial charge on any atom is -0.479 e. The summed E-state index contributed by atoms with van der Waals surface area (Å²) in [4.78, 5) is 26.3. The lowest BCUT2D eigenvalue weighted by molar-refractivity contribution is -0.145. The summed E-state index contributed by atoms with van der Waals surface area (Å²) in [5.74, 6) is -0.585. The Morgan fingerprint density at radius 1 is 1.23 bits per heavy atom. The van der Waals surface area contributed by atoms with Crippen LogP contribution in [-0.2, 0) is 14.3 Å². The van der Waals surface area contributed by atoms with E-state index in [1.807, 2.05) is 12.1 Å². The van der Waals surface area contributed by atoms with Crippen LogP contribution in [0.4, 0.5) is 5.69 Å². The summed E-state index contributed by atoms with van der Waals surface area (Å²) in [6.45, 7) is 1.64. The molecule has 0 radical (unpaired) electrons. The molecule has 0 unspecified atom stereocenters. The molecule has 0 atom stereocenters. The second kappa shape index (κ2) is 10.2. The van der Waals surface area contributed by atoms with Crippen LogP contribution in [0.15, 0.2) is 45.8 Å². The molecule has 2 aromatic rings. The van der Waals surface area contributed by atoms with Crippen LogP contribution in [0.2, 0.25) is 10.0 Å². The first-order valence-electron chi connectivity index (χ1n) is 8.61. The highest BCUT2D eigenvalue weighted by Gasteiger charge is 2.33. The average Bonchev–Trinajstić information content (AvgIpc) is 2.95. The molecule has 156 valence electrons. The van der Waals surface area contributed by atoms with Crippen molar-refractivity contribution in [2.24, 2.45) is 0 Å². The van der Waals surface area contributed by atoms with Crippen LogP contribution >= 0.6 is 63.1 Å². The van der Waals surface area contributed by atoms with E-state index in [0.717, 1.165) is 4.47 Å². The Morgan fingerprint density at radius 3 is 2.47 bits per heavy atom. The standard InChI is InChI=1S/C20H14BrCl2NO4S2/c1-2-27-17(25)10-28-18-14(22)7-11(8-15(18)23)9-16-19(26)24(20(29)30-16)13-5-3-12(21)4-6-13/h3-9H,2,10H2,1H3/b16-9-. The summed E-state index contributed by atoms with van der Waals surface area (Å²) in [6, 6.07) is 10.5. The van der Waals surface area contributed by atoms with Crippen LogP contribution in [-0.4, -0.2) is 29.4 Å². The SMILES string of the molecule is CCOC(=O)COc1c(Cl)cc(/C=C2\SC(=S)N(c3ccc(Br)cc3)C2=O)cc1Cl. The number of halogens is 3. The molecule has 2 aromatic carbocycles. The molecule has 1 aliphatic rings. The zero-order chi connectivity index (χ0) is 21.8. The number of hydrogen-bond acceptors (Lipinski definition) is 6. The number of nitrogens with zero attached hydrogens (tertiary/aromatic N) is 1. The Hall–Kier alpha value is -1.58. The number of thiocarbonyl (C=S) groups is 1. The molecule has 0 spiro atoms.